The molecule has 1 aromatic heterocycles. The van der Waals surface area contributed by atoms with Gasteiger partial charge in [-0.15, -0.1) is 0 Å². The molecule has 2 aromatic rings. The molecule has 4 nitrogen and oxygen atoms in total. The lowest BCUT2D eigenvalue weighted by Crippen LogP contribution is -2.07. The molecule has 1 N–H and O–H groups in total. The van der Waals surface area contributed by atoms with Crippen LogP contribution in [0.1, 0.15) is 17.0 Å². The van der Waals surface area contributed by atoms with Crippen LogP contribution in [-0.2, 0) is 13.6 Å². The van der Waals surface area contributed by atoms with Crippen LogP contribution in [0.4, 0.5) is 5.69 Å². The number of hydrogen-bond donors (Lipinski definition) is 1. The highest BCUT2D eigenvalue weighted by atomic mass is 15.3. The molecule has 2 rings (SSSR count). The lowest BCUT2D eigenvalue weighted by molar-refractivity contribution is 0.712. The van der Waals surface area contributed by atoms with Crippen LogP contribution in [0.15, 0.2) is 24.5 Å². The van der Waals surface area contributed by atoms with Crippen molar-refractivity contribution in [2.24, 2.45) is 7.05 Å². The van der Waals surface area contributed by atoms with Crippen LogP contribution in [-0.4, -0.2) is 14.8 Å². The number of benzene rings is 1. The van der Waals surface area contributed by atoms with E-state index in [9.17, 15) is 0 Å². The fourth-order valence-corrected chi connectivity index (χ4v) is 1.67. The molecular formula is C12H16N4. The summed E-state index contributed by atoms with van der Waals surface area (Å²) in [7, 11) is 1.89. The van der Waals surface area contributed by atoms with Crippen LogP contribution < -0.4 is 5.32 Å². The van der Waals surface area contributed by atoms with Gasteiger partial charge in [-0.1, -0.05) is 17.7 Å². The molecule has 0 aliphatic rings. The normalized spacial score (nSPS) is 10.4. The first-order valence-electron chi connectivity index (χ1n) is 5.31. The minimum Gasteiger partial charge on any atom is -0.378 e. The molecule has 0 saturated carbocycles. The molecule has 1 heterocycles. The Morgan fingerprint density at radius 3 is 2.75 bits per heavy atom. The average molecular weight is 216 g/mol. The number of nitrogens with zero attached hydrogens (tertiary/aromatic N) is 3. The van der Waals surface area contributed by atoms with Crippen LogP contribution in [0.2, 0.25) is 0 Å². The van der Waals surface area contributed by atoms with Crippen molar-refractivity contribution in [1.82, 2.24) is 14.8 Å². The van der Waals surface area contributed by atoms with Gasteiger partial charge in [-0.05, 0) is 25.5 Å². The van der Waals surface area contributed by atoms with Gasteiger partial charge in [0.05, 0.1) is 6.54 Å². The van der Waals surface area contributed by atoms with E-state index in [-0.39, 0.29) is 0 Å². The van der Waals surface area contributed by atoms with Crippen molar-refractivity contribution in [1.29, 1.82) is 0 Å². The van der Waals surface area contributed by atoms with Gasteiger partial charge in [0.2, 0.25) is 0 Å². The molecule has 16 heavy (non-hydrogen) atoms. The van der Waals surface area contributed by atoms with Crippen molar-refractivity contribution in [3.8, 4) is 0 Å². The summed E-state index contributed by atoms with van der Waals surface area (Å²) >= 11 is 0. The van der Waals surface area contributed by atoms with E-state index >= 15 is 0 Å². The number of rotatable bonds is 3. The predicted octanol–water partition coefficient (Wildman–Crippen LogP) is 2.04. The van der Waals surface area contributed by atoms with Crippen molar-refractivity contribution in [3.05, 3.63) is 41.5 Å². The second kappa shape index (κ2) is 4.35. The third-order valence-corrected chi connectivity index (χ3v) is 2.62. The molecule has 1 aromatic carbocycles. The third-order valence-electron chi connectivity index (χ3n) is 2.62. The van der Waals surface area contributed by atoms with E-state index in [0.29, 0.717) is 6.54 Å². The third kappa shape index (κ3) is 2.21. The molecule has 0 spiro atoms. The zero-order valence-corrected chi connectivity index (χ0v) is 9.86. The summed E-state index contributed by atoms with van der Waals surface area (Å²) in [4.78, 5) is 4.17. The van der Waals surface area contributed by atoms with Gasteiger partial charge in [0.25, 0.3) is 0 Å². The first-order valence-corrected chi connectivity index (χ1v) is 5.31. The van der Waals surface area contributed by atoms with E-state index in [1.807, 2.05) is 7.05 Å². The highest BCUT2D eigenvalue weighted by Crippen LogP contribution is 2.16. The monoisotopic (exact) mass is 216 g/mol. The molecule has 0 saturated heterocycles. The van der Waals surface area contributed by atoms with E-state index in [1.54, 1.807) is 11.0 Å². The maximum Gasteiger partial charge on any atom is 0.145 e. The van der Waals surface area contributed by atoms with Crippen molar-refractivity contribution in [2.45, 2.75) is 20.4 Å². The van der Waals surface area contributed by atoms with Crippen molar-refractivity contribution >= 4 is 5.69 Å². The van der Waals surface area contributed by atoms with Crippen LogP contribution in [0.3, 0.4) is 0 Å². The molecule has 0 aliphatic carbocycles. The molecule has 0 unspecified atom stereocenters. The van der Waals surface area contributed by atoms with Crippen LogP contribution in [0, 0.1) is 13.8 Å². The maximum absolute atomic E-state index is 4.17. The van der Waals surface area contributed by atoms with Gasteiger partial charge >= 0.3 is 0 Å². The SMILES string of the molecule is Cc1ccc(NCc2ncnn2C)c(C)c1. The molecule has 0 amide bonds. The van der Waals surface area contributed by atoms with Crippen LogP contribution in [0.25, 0.3) is 0 Å². The number of aromatic nitrogens is 3. The van der Waals surface area contributed by atoms with Gasteiger partial charge in [0.1, 0.15) is 12.2 Å². The quantitative estimate of drug-likeness (QED) is 0.853. The van der Waals surface area contributed by atoms with Crippen molar-refractivity contribution in [2.75, 3.05) is 5.32 Å². The average Bonchev–Trinajstić information content (AvgIpc) is 2.63. The van der Waals surface area contributed by atoms with E-state index in [4.69, 9.17) is 0 Å². The topological polar surface area (TPSA) is 42.7 Å². The molecule has 0 bridgehead atoms. The van der Waals surface area contributed by atoms with E-state index < -0.39 is 0 Å². The molecule has 0 fully saturated rings. The van der Waals surface area contributed by atoms with E-state index in [0.717, 1.165) is 11.5 Å². The van der Waals surface area contributed by atoms with Gasteiger partial charge in [-0.3, -0.25) is 4.68 Å². The summed E-state index contributed by atoms with van der Waals surface area (Å²) < 4.78 is 1.77. The number of aryl methyl sites for hydroxylation is 3. The summed E-state index contributed by atoms with van der Waals surface area (Å²) in [6.07, 6.45) is 1.57. The lowest BCUT2D eigenvalue weighted by Gasteiger charge is -2.09. The summed E-state index contributed by atoms with van der Waals surface area (Å²) in [5.41, 5.74) is 3.68. The van der Waals surface area contributed by atoms with Gasteiger partial charge in [-0.25, -0.2) is 4.98 Å². The fraction of sp³-hybridized carbons (Fsp3) is 0.333. The first kappa shape index (κ1) is 10.7. The predicted molar refractivity (Wildman–Crippen MR) is 64.2 cm³/mol. The van der Waals surface area contributed by atoms with Gasteiger partial charge in [-0.2, -0.15) is 5.10 Å². The molecule has 4 heteroatoms. The Morgan fingerprint density at radius 1 is 1.31 bits per heavy atom. The van der Waals surface area contributed by atoms with Gasteiger partial charge in [0, 0.05) is 12.7 Å². The molecule has 0 radical (unpaired) electrons. The lowest BCUT2D eigenvalue weighted by atomic mass is 10.1. The summed E-state index contributed by atoms with van der Waals surface area (Å²) in [5.74, 6) is 0.931. The fourth-order valence-electron chi connectivity index (χ4n) is 1.67. The Labute approximate surface area is 95.3 Å². The first-order chi connectivity index (χ1) is 7.66. The second-order valence-corrected chi connectivity index (χ2v) is 3.97. The molecule has 0 aliphatic heterocycles. The Hall–Kier alpha value is -1.84. The Bertz CT molecular complexity index is 488. The maximum atomic E-state index is 4.17. The Kier molecular flexibility index (Phi) is 2.90. The Morgan fingerprint density at radius 2 is 2.12 bits per heavy atom. The van der Waals surface area contributed by atoms with Gasteiger partial charge in [0.15, 0.2) is 0 Å². The standard InChI is InChI=1S/C12H16N4/c1-9-4-5-11(10(2)6-9)13-7-12-14-8-15-16(12)3/h4-6,8,13H,7H2,1-3H3. The summed E-state index contributed by atoms with van der Waals surface area (Å²) in [6, 6.07) is 6.37. The van der Waals surface area contributed by atoms with Gasteiger partial charge < -0.3 is 5.32 Å². The Balaban J connectivity index is 2.08. The molecular weight excluding hydrogens is 200 g/mol. The number of nitrogens with one attached hydrogen (secondary N) is 1. The highest BCUT2D eigenvalue weighted by molar-refractivity contribution is 5.51. The van der Waals surface area contributed by atoms with Crippen LogP contribution in [0.5, 0.6) is 0 Å². The minimum absolute atomic E-state index is 0.695. The van der Waals surface area contributed by atoms with E-state index in [2.05, 4.69) is 47.4 Å². The highest BCUT2D eigenvalue weighted by Gasteiger charge is 2.01. The molecule has 0 atom stereocenters. The smallest absolute Gasteiger partial charge is 0.145 e. The second-order valence-electron chi connectivity index (χ2n) is 3.97. The summed E-state index contributed by atoms with van der Waals surface area (Å²) in [5, 5.41) is 7.39. The molecule has 84 valence electrons. The van der Waals surface area contributed by atoms with E-state index in [1.165, 1.54) is 11.1 Å². The van der Waals surface area contributed by atoms with Crippen LogP contribution >= 0.6 is 0 Å². The summed E-state index contributed by atoms with van der Waals surface area (Å²) in [6.45, 7) is 4.89. The number of hydrogen-bond acceptors (Lipinski definition) is 3. The minimum atomic E-state index is 0.695. The zero-order chi connectivity index (χ0) is 11.5. The largest absolute Gasteiger partial charge is 0.378 e. The van der Waals surface area contributed by atoms with Crippen molar-refractivity contribution in [3.63, 3.8) is 0 Å². The van der Waals surface area contributed by atoms with Crippen molar-refractivity contribution < 1.29 is 0 Å². The zero-order valence-electron chi connectivity index (χ0n) is 9.86. The number of anilines is 1.